The fraction of sp³-hybridized carbons (Fsp3) is 0.278. The highest BCUT2D eigenvalue weighted by Gasteiger charge is 2.31. The summed E-state index contributed by atoms with van der Waals surface area (Å²) < 4.78 is 40.4. The van der Waals surface area contributed by atoms with E-state index in [1.807, 2.05) is 0 Å². The second-order valence-electron chi connectivity index (χ2n) is 6.20. The zero-order valence-electron chi connectivity index (χ0n) is 13.1. The summed E-state index contributed by atoms with van der Waals surface area (Å²) in [5, 5.41) is 4.33. The number of nitrogens with zero attached hydrogens (tertiary/aromatic N) is 3. The van der Waals surface area contributed by atoms with E-state index in [1.54, 1.807) is 24.3 Å². The molecule has 2 heterocycles. The Kier molecular flexibility index (Phi) is 3.59. The molecule has 4 rings (SSSR count). The number of carbonyl (C=O) groups excluding carboxylic acids is 1. The van der Waals surface area contributed by atoms with Crippen molar-refractivity contribution in [2.45, 2.75) is 25.4 Å². The van der Waals surface area contributed by atoms with Crippen molar-refractivity contribution < 1.29 is 18.0 Å². The molecule has 0 N–H and O–H groups in total. The summed E-state index contributed by atoms with van der Waals surface area (Å²) in [5.74, 6) is 0.641. The molecule has 1 fully saturated rings. The van der Waals surface area contributed by atoms with Gasteiger partial charge in [-0.25, -0.2) is 9.50 Å². The van der Waals surface area contributed by atoms with Crippen molar-refractivity contribution >= 4 is 11.4 Å². The summed E-state index contributed by atoms with van der Waals surface area (Å²) in [6, 6.07) is 10.2. The Bertz CT molecular complexity index is 958. The van der Waals surface area contributed by atoms with Gasteiger partial charge in [-0.2, -0.15) is 18.3 Å². The van der Waals surface area contributed by atoms with Crippen molar-refractivity contribution in [3.05, 3.63) is 53.9 Å². The lowest BCUT2D eigenvalue weighted by Crippen LogP contribution is -2.06. The van der Waals surface area contributed by atoms with E-state index in [2.05, 4.69) is 10.1 Å². The van der Waals surface area contributed by atoms with Crippen molar-refractivity contribution in [3.63, 3.8) is 0 Å². The molecule has 25 heavy (non-hydrogen) atoms. The zero-order valence-corrected chi connectivity index (χ0v) is 13.1. The lowest BCUT2D eigenvalue weighted by Gasteiger charge is -2.09. The van der Waals surface area contributed by atoms with Gasteiger partial charge < -0.3 is 0 Å². The molecule has 0 aliphatic heterocycles. The van der Waals surface area contributed by atoms with Crippen LogP contribution in [0.25, 0.3) is 16.9 Å². The van der Waals surface area contributed by atoms with Crippen LogP contribution in [0.15, 0.2) is 42.5 Å². The zero-order chi connectivity index (χ0) is 17.6. The Morgan fingerprint density at radius 3 is 2.64 bits per heavy atom. The summed E-state index contributed by atoms with van der Waals surface area (Å²) in [6.07, 6.45) is -2.41. The monoisotopic (exact) mass is 345 g/mol. The predicted molar refractivity (Wildman–Crippen MR) is 84.9 cm³/mol. The minimum Gasteiger partial charge on any atom is -0.299 e. The van der Waals surface area contributed by atoms with Gasteiger partial charge in [-0.3, -0.25) is 4.79 Å². The van der Waals surface area contributed by atoms with Crippen LogP contribution in [0.1, 0.15) is 24.2 Å². The Balaban J connectivity index is 1.74. The highest BCUT2D eigenvalue weighted by atomic mass is 19.4. The number of hydrogen-bond donors (Lipinski definition) is 0. The summed E-state index contributed by atoms with van der Waals surface area (Å²) in [7, 11) is 0. The van der Waals surface area contributed by atoms with Gasteiger partial charge in [0, 0.05) is 11.5 Å². The van der Waals surface area contributed by atoms with Gasteiger partial charge in [-0.05, 0) is 37.1 Å². The maximum atomic E-state index is 13.0. The predicted octanol–water partition coefficient (Wildman–Crippen LogP) is 3.94. The number of ketones is 1. The maximum absolute atomic E-state index is 13.0. The highest BCUT2D eigenvalue weighted by molar-refractivity contribution is 5.84. The average molecular weight is 345 g/mol. The molecule has 0 radical (unpaired) electrons. The van der Waals surface area contributed by atoms with Gasteiger partial charge in [-0.15, -0.1) is 0 Å². The van der Waals surface area contributed by atoms with Gasteiger partial charge in [0.15, 0.2) is 11.5 Å². The van der Waals surface area contributed by atoms with Crippen molar-refractivity contribution in [3.8, 4) is 11.3 Å². The number of pyridine rings is 1. The number of aromatic nitrogens is 3. The van der Waals surface area contributed by atoms with Gasteiger partial charge >= 0.3 is 6.18 Å². The molecule has 1 aliphatic rings. The molecule has 4 nitrogen and oxygen atoms in total. The van der Waals surface area contributed by atoms with Gasteiger partial charge in [-0.1, -0.05) is 18.2 Å². The number of rotatable bonds is 4. The molecule has 0 amide bonds. The molecule has 1 aliphatic carbocycles. The van der Waals surface area contributed by atoms with Crippen LogP contribution in [0.2, 0.25) is 0 Å². The SMILES string of the molecule is O=C(Cc1nc2cccc(-c3cccc(C(F)(F)F)c3)n2n1)C1CC1. The standard InChI is InChI=1S/C18H14F3N3O/c19-18(20,21)13-4-1-3-12(9-13)14-5-2-6-17-22-16(23-24(14)17)10-15(25)11-7-8-11/h1-6,9,11H,7-8,10H2. The van der Waals surface area contributed by atoms with Crippen molar-refractivity contribution in [1.82, 2.24) is 14.6 Å². The van der Waals surface area contributed by atoms with Crippen LogP contribution in [0, 0.1) is 5.92 Å². The number of alkyl halides is 3. The summed E-state index contributed by atoms with van der Waals surface area (Å²) in [4.78, 5) is 16.3. The van der Waals surface area contributed by atoms with Gasteiger partial charge in [0.2, 0.25) is 0 Å². The number of benzene rings is 1. The second kappa shape index (κ2) is 5.68. The first-order valence-corrected chi connectivity index (χ1v) is 7.97. The lowest BCUT2D eigenvalue weighted by atomic mass is 10.1. The summed E-state index contributed by atoms with van der Waals surface area (Å²) >= 11 is 0. The normalized spacial score (nSPS) is 14.8. The fourth-order valence-electron chi connectivity index (χ4n) is 2.80. The van der Waals surface area contributed by atoms with Crippen LogP contribution in [0.4, 0.5) is 13.2 Å². The molecule has 7 heteroatoms. The van der Waals surface area contributed by atoms with E-state index in [9.17, 15) is 18.0 Å². The van der Waals surface area contributed by atoms with Crippen LogP contribution in [0.5, 0.6) is 0 Å². The molecule has 128 valence electrons. The van der Waals surface area contributed by atoms with Gasteiger partial charge in [0.25, 0.3) is 0 Å². The largest absolute Gasteiger partial charge is 0.416 e. The van der Waals surface area contributed by atoms with Crippen molar-refractivity contribution in [2.24, 2.45) is 5.92 Å². The molecule has 1 aromatic carbocycles. The van der Waals surface area contributed by atoms with E-state index < -0.39 is 11.7 Å². The topological polar surface area (TPSA) is 47.3 Å². The molecule has 1 saturated carbocycles. The molecule has 0 bridgehead atoms. The van der Waals surface area contributed by atoms with E-state index in [0.717, 1.165) is 25.0 Å². The first-order valence-electron chi connectivity index (χ1n) is 7.97. The van der Waals surface area contributed by atoms with Crippen LogP contribution in [-0.4, -0.2) is 20.4 Å². The first kappa shape index (κ1) is 15.8. The quantitative estimate of drug-likeness (QED) is 0.720. The summed E-state index contributed by atoms with van der Waals surface area (Å²) in [6.45, 7) is 0. The average Bonchev–Trinajstić information content (AvgIpc) is 3.34. The minimum absolute atomic E-state index is 0.120. The maximum Gasteiger partial charge on any atom is 0.416 e. The molecule has 0 unspecified atom stereocenters. The van der Waals surface area contributed by atoms with Crippen LogP contribution >= 0.6 is 0 Å². The van der Waals surface area contributed by atoms with Crippen LogP contribution in [0.3, 0.4) is 0 Å². The smallest absolute Gasteiger partial charge is 0.299 e. The number of Topliss-reactive ketones (excluding diaryl/α,β-unsaturated/α-hetero) is 1. The molecular formula is C18H14F3N3O. The van der Waals surface area contributed by atoms with E-state index in [-0.39, 0.29) is 18.1 Å². The molecule has 3 aromatic rings. The second-order valence-corrected chi connectivity index (χ2v) is 6.20. The van der Waals surface area contributed by atoms with Gasteiger partial charge in [0.05, 0.1) is 17.7 Å². The molecule has 0 saturated heterocycles. The third-order valence-electron chi connectivity index (χ3n) is 4.25. The Morgan fingerprint density at radius 2 is 1.92 bits per heavy atom. The third-order valence-corrected chi connectivity index (χ3v) is 4.25. The highest BCUT2D eigenvalue weighted by Crippen LogP contribution is 2.33. The van der Waals surface area contributed by atoms with Crippen LogP contribution in [-0.2, 0) is 17.4 Å². The molecule has 0 atom stereocenters. The Labute approximate surface area is 141 Å². The van der Waals surface area contributed by atoms with Gasteiger partial charge in [0.1, 0.15) is 5.78 Å². The van der Waals surface area contributed by atoms with Crippen LogP contribution < -0.4 is 0 Å². The molecule has 2 aromatic heterocycles. The van der Waals surface area contributed by atoms with E-state index in [4.69, 9.17) is 0 Å². The van der Waals surface area contributed by atoms with E-state index in [1.165, 1.54) is 10.6 Å². The minimum atomic E-state index is -4.41. The fourth-order valence-corrected chi connectivity index (χ4v) is 2.80. The van der Waals surface area contributed by atoms with Crippen molar-refractivity contribution in [2.75, 3.05) is 0 Å². The summed E-state index contributed by atoms with van der Waals surface area (Å²) in [5.41, 5.74) is 0.686. The number of halogens is 3. The Hall–Kier alpha value is -2.70. The first-order chi connectivity index (χ1) is 11.9. The third kappa shape index (κ3) is 3.14. The molecular weight excluding hydrogens is 331 g/mol. The van der Waals surface area contributed by atoms with Crippen molar-refractivity contribution in [1.29, 1.82) is 0 Å². The number of carbonyl (C=O) groups is 1. The lowest BCUT2D eigenvalue weighted by molar-refractivity contribution is -0.137. The van der Waals surface area contributed by atoms with E-state index >= 15 is 0 Å². The Morgan fingerprint density at radius 1 is 1.16 bits per heavy atom. The van der Waals surface area contributed by atoms with E-state index in [0.29, 0.717) is 22.7 Å². The molecule has 0 spiro atoms. The number of fused-ring (bicyclic) bond motifs is 1. The number of hydrogen-bond acceptors (Lipinski definition) is 3.